The summed E-state index contributed by atoms with van der Waals surface area (Å²) in [4.78, 5) is 2.36. The van der Waals surface area contributed by atoms with Gasteiger partial charge >= 0.3 is 0 Å². The van der Waals surface area contributed by atoms with Gasteiger partial charge in [-0.15, -0.1) is 0 Å². The molecule has 0 radical (unpaired) electrons. The van der Waals surface area contributed by atoms with E-state index in [4.69, 9.17) is 5.73 Å². The molecule has 2 N–H and O–H groups in total. The number of rotatable bonds is 5. The van der Waals surface area contributed by atoms with Gasteiger partial charge in [0.05, 0.1) is 0 Å². The second-order valence-corrected chi connectivity index (χ2v) is 6.02. The monoisotopic (exact) mass is 282 g/mol. The van der Waals surface area contributed by atoms with E-state index >= 15 is 0 Å². The number of hydrogen-bond acceptors (Lipinski definition) is 2. The Labute approximate surface area is 128 Å². The second-order valence-electron chi connectivity index (χ2n) is 6.02. The van der Waals surface area contributed by atoms with Crippen LogP contribution in [0.15, 0.2) is 36.4 Å². The van der Waals surface area contributed by atoms with Crippen LogP contribution >= 0.6 is 0 Å². The van der Waals surface area contributed by atoms with E-state index < -0.39 is 0 Å². The fourth-order valence-electron chi connectivity index (χ4n) is 2.99. The summed E-state index contributed by atoms with van der Waals surface area (Å²) in [6.45, 7) is 9.07. The summed E-state index contributed by atoms with van der Waals surface area (Å²) in [5, 5.41) is 0. The molecule has 0 aliphatic rings. The van der Waals surface area contributed by atoms with Gasteiger partial charge in [0.1, 0.15) is 0 Å². The highest BCUT2D eigenvalue weighted by atomic mass is 15.1. The molecule has 0 saturated heterocycles. The van der Waals surface area contributed by atoms with Crippen molar-refractivity contribution < 1.29 is 0 Å². The first-order valence-electron chi connectivity index (χ1n) is 7.53. The van der Waals surface area contributed by atoms with E-state index in [9.17, 15) is 0 Å². The molecule has 0 heterocycles. The minimum atomic E-state index is 0.604. The molecule has 0 atom stereocenters. The van der Waals surface area contributed by atoms with Gasteiger partial charge in [-0.2, -0.15) is 0 Å². The summed E-state index contributed by atoms with van der Waals surface area (Å²) in [5.74, 6) is 0. The van der Waals surface area contributed by atoms with Crippen molar-refractivity contribution in [1.29, 1.82) is 0 Å². The lowest BCUT2D eigenvalue weighted by Crippen LogP contribution is -2.20. The molecule has 112 valence electrons. The van der Waals surface area contributed by atoms with Gasteiger partial charge in [0.2, 0.25) is 0 Å². The summed E-state index contributed by atoms with van der Waals surface area (Å²) in [7, 11) is 2.17. The molecule has 0 saturated carbocycles. The molecule has 2 aromatic carbocycles. The maximum Gasteiger partial charge on any atom is 0.0239 e. The summed E-state index contributed by atoms with van der Waals surface area (Å²) >= 11 is 0. The van der Waals surface area contributed by atoms with Crippen LogP contribution in [-0.2, 0) is 19.6 Å². The van der Waals surface area contributed by atoms with E-state index in [1.165, 1.54) is 33.4 Å². The quantitative estimate of drug-likeness (QED) is 0.906. The van der Waals surface area contributed by atoms with E-state index in [0.717, 1.165) is 13.1 Å². The van der Waals surface area contributed by atoms with Crippen LogP contribution in [0.2, 0.25) is 0 Å². The fraction of sp³-hybridized carbons (Fsp3) is 0.368. The Balaban J connectivity index is 2.14. The number of nitrogens with zero attached hydrogens (tertiary/aromatic N) is 1. The molecule has 0 aliphatic carbocycles. The van der Waals surface area contributed by atoms with Crippen LogP contribution < -0.4 is 5.73 Å². The predicted molar refractivity (Wildman–Crippen MR) is 90.2 cm³/mol. The summed E-state index contributed by atoms with van der Waals surface area (Å²) in [6, 6.07) is 13.0. The van der Waals surface area contributed by atoms with Crippen molar-refractivity contribution in [3.8, 4) is 0 Å². The molecular formula is C19H26N2. The lowest BCUT2D eigenvalue weighted by atomic mass is 9.99. The molecule has 0 aliphatic heterocycles. The van der Waals surface area contributed by atoms with Crippen LogP contribution in [0.25, 0.3) is 0 Å². The first-order valence-corrected chi connectivity index (χ1v) is 7.53. The Kier molecular flexibility index (Phi) is 5.16. The van der Waals surface area contributed by atoms with Crippen molar-refractivity contribution >= 4 is 0 Å². The van der Waals surface area contributed by atoms with Crippen molar-refractivity contribution in [2.75, 3.05) is 7.05 Å². The summed E-state index contributed by atoms with van der Waals surface area (Å²) in [5.41, 5.74) is 13.9. The molecule has 0 amide bonds. The van der Waals surface area contributed by atoms with Crippen molar-refractivity contribution in [3.63, 3.8) is 0 Å². The predicted octanol–water partition coefficient (Wildman–Crippen LogP) is 3.70. The molecule has 0 unspecified atom stereocenters. The fourth-order valence-corrected chi connectivity index (χ4v) is 2.99. The highest BCUT2D eigenvalue weighted by Crippen LogP contribution is 2.19. The third-order valence-corrected chi connectivity index (χ3v) is 4.05. The average Bonchev–Trinajstić information content (AvgIpc) is 2.43. The SMILES string of the molecule is Cc1cc(C)c(CN(C)Cc2ccccc2CN)c(C)c1. The van der Waals surface area contributed by atoms with Gasteiger partial charge in [0.15, 0.2) is 0 Å². The van der Waals surface area contributed by atoms with Gasteiger partial charge in [-0.3, -0.25) is 4.90 Å². The topological polar surface area (TPSA) is 29.3 Å². The number of aryl methyl sites for hydroxylation is 3. The first kappa shape index (κ1) is 15.7. The smallest absolute Gasteiger partial charge is 0.0239 e. The Morgan fingerprint density at radius 3 is 2.05 bits per heavy atom. The standard InChI is InChI=1S/C19H26N2/c1-14-9-15(2)19(16(3)10-14)13-21(4)12-18-8-6-5-7-17(18)11-20/h5-10H,11-13,20H2,1-4H3. The highest BCUT2D eigenvalue weighted by Gasteiger charge is 2.09. The minimum Gasteiger partial charge on any atom is -0.326 e. The van der Waals surface area contributed by atoms with Crippen LogP contribution in [0.3, 0.4) is 0 Å². The highest BCUT2D eigenvalue weighted by molar-refractivity contribution is 5.37. The van der Waals surface area contributed by atoms with Gasteiger partial charge < -0.3 is 5.73 Å². The van der Waals surface area contributed by atoms with Crippen molar-refractivity contribution in [2.45, 2.75) is 40.4 Å². The Bertz CT molecular complexity index is 594. The molecule has 0 spiro atoms. The van der Waals surface area contributed by atoms with Crippen LogP contribution in [0.4, 0.5) is 0 Å². The second kappa shape index (κ2) is 6.88. The van der Waals surface area contributed by atoms with Crippen molar-refractivity contribution in [2.24, 2.45) is 5.73 Å². The Hall–Kier alpha value is -1.64. The van der Waals surface area contributed by atoms with Gasteiger partial charge in [-0.25, -0.2) is 0 Å². The molecule has 2 nitrogen and oxygen atoms in total. The van der Waals surface area contributed by atoms with Crippen LogP contribution in [-0.4, -0.2) is 11.9 Å². The molecule has 2 rings (SSSR count). The van der Waals surface area contributed by atoms with Crippen molar-refractivity contribution in [1.82, 2.24) is 4.90 Å². The van der Waals surface area contributed by atoms with Crippen LogP contribution in [0.1, 0.15) is 33.4 Å². The molecular weight excluding hydrogens is 256 g/mol. The third-order valence-electron chi connectivity index (χ3n) is 4.05. The van der Waals surface area contributed by atoms with Gasteiger partial charge in [0.25, 0.3) is 0 Å². The van der Waals surface area contributed by atoms with Gasteiger partial charge in [-0.05, 0) is 55.6 Å². The van der Waals surface area contributed by atoms with Crippen LogP contribution in [0.5, 0.6) is 0 Å². The first-order chi connectivity index (χ1) is 10.0. The zero-order chi connectivity index (χ0) is 15.4. The van der Waals surface area contributed by atoms with E-state index in [1.54, 1.807) is 0 Å². The molecule has 0 aromatic heterocycles. The minimum absolute atomic E-state index is 0.604. The third kappa shape index (κ3) is 3.93. The average molecular weight is 282 g/mol. The van der Waals surface area contributed by atoms with Crippen LogP contribution in [0, 0.1) is 20.8 Å². The number of nitrogens with two attached hydrogens (primary N) is 1. The zero-order valence-electron chi connectivity index (χ0n) is 13.6. The maximum atomic E-state index is 5.83. The van der Waals surface area contributed by atoms with E-state index in [-0.39, 0.29) is 0 Å². The van der Waals surface area contributed by atoms with E-state index in [2.05, 4.69) is 69.1 Å². The largest absolute Gasteiger partial charge is 0.326 e. The number of hydrogen-bond donors (Lipinski definition) is 1. The maximum absolute atomic E-state index is 5.83. The number of benzene rings is 2. The van der Waals surface area contributed by atoms with Gasteiger partial charge in [0, 0.05) is 19.6 Å². The molecule has 2 aromatic rings. The van der Waals surface area contributed by atoms with E-state index in [0.29, 0.717) is 6.54 Å². The zero-order valence-corrected chi connectivity index (χ0v) is 13.6. The molecule has 2 heteroatoms. The molecule has 0 bridgehead atoms. The summed E-state index contributed by atoms with van der Waals surface area (Å²) in [6.07, 6.45) is 0. The summed E-state index contributed by atoms with van der Waals surface area (Å²) < 4.78 is 0. The Morgan fingerprint density at radius 2 is 1.48 bits per heavy atom. The normalized spacial score (nSPS) is 11.1. The lowest BCUT2D eigenvalue weighted by molar-refractivity contribution is 0.316. The lowest BCUT2D eigenvalue weighted by Gasteiger charge is -2.21. The van der Waals surface area contributed by atoms with Gasteiger partial charge in [-0.1, -0.05) is 42.0 Å². The molecule has 21 heavy (non-hydrogen) atoms. The van der Waals surface area contributed by atoms with E-state index in [1.807, 2.05) is 0 Å². The van der Waals surface area contributed by atoms with Crippen molar-refractivity contribution in [3.05, 3.63) is 69.8 Å². The molecule has 0 fully saturated rings. The Morgan fingerprint density at radius 1 is 0.905 bits per heavy atom.